The Balaban J connectivity index is 1.46. The quantitative estimate of drug-likeness (QED) is 0.661. The molecule has 2 aromatic carbocycles. The standard InChI is InChI=1S/C27H32N2O3/c1-32-24-13-11-23(12-14-24)22-9-7-21(8-10-22)18-27(26(28)31)15-4-16-29(19-27)25(30)17-20-5-2-3-6-20/h2,5,7-14,20H,3-4,6,15-19H2,1H3,(H2,28,31)/t20-,27+/m1/s1. The van der Waals surface area contributed by atoms with E-state index in [9.17, 15) is 9.59 Å². The zero-order valence-electron chi connectivity index (χ0n) is 18.8. The summed E-state index contributed by atoms with van der Waals surface area (Å²) in [7, 11) is 1.66. The normalized spacial score (nSPS) is 22.7. The van der Waals surface area contributed by atoms with Gasteiger partial charge in [-0.05, 0) is 66.8 Å². The van der Waals surface area contributed by atoms with Crippen molar-refractivity contribution in [2.24, 2.45) is 17.1 Å². The van der Waals surface area contributed by atoms with Crippen LogP contribution >= 0.6 is 0 Å². The summed E-state index contributed by atoms with van der Waals surface area (Å²) in [6, 6.07) is 16.2. The molecule has 0 unspecified atom stereocenters. The van der Waals surface area contributed by atoms with Gasteiger partial charge in [-0.25, -0.2) is 0 Å². The zero-order valence-corrected chi connectivity index (χ0v) is 18.8. The van der Waals surface area contributed by atoms with Gasteiger partial charge in [0, 0.05) is 19.5 Å². The number of nitrogens with zero attached hydrogens (tertiary/aromatic N) is 1. The molecule has 0 saturated carbocycles. The molecule has 168 valence electrons. The van der Waals surface area contributed by atoms with Gasteiger partial charge < -0.3 is 15.4 Å². The van der Waals surface area contributed by atoms with Crippen LogP contribution in [0.3, 0.4) is 0 Å². The minimum Gasteiger partial charge on any atom is -0.497 e. The lowest BCUT2D eigenvalue weighted by atomic mass is 9.74. The molecule has 0 spiro atoms. The topological polar surface area (TPSA) is 72.6 Å². The van der Waals surface area contributed by atoms with Crippen molar-refractivity contribution in [3.63, 3.8) is 0 Å². The van der Waals surface area contributed by atoms with E-state index in [1.54, 1.807) is 7.11 Å². The van der Waals surface area contributed by atoms with E-state index < -0.39 is 5.41 Å². The molecule has 5 nitrogen and oxygen atoms in total. The fourth-order valence-corrected chi connectivity index (χ4v) is 4.99. The highest BCUT2D eigenvalue weighted by Crippen LogP contribution is 2.35. The van der Waals surface area contributed by atoms with Gasteiger partial charge in [0.15, 0.2) is 0 Å². The van der Waals surface area contributed by atoms with E-state index in [0.29, 0.717) is 31.8 Å². The number of rotatable bonds is 7. The zero-order chi connectivity index (χ0) is 22.6. The van der Waals surface area contributed by atoms with E-state index in [-0.39, 0.29) is 11.8 Å². The summed E-state index contributed by atoms with van der Waals surface area (Å²) in [6.07, 6.45) is 9.00. The fraction of sp³-hybridized carbons (Fsp3) is 0.407. The molecule has 1 aliphatic heterocycles. The molecule has 0 bridgehead atoms. The number of nitrogens with two attached hydrogens (primary N) is 1. The Morgan fingerprint density at radius 1 is 1.09 bits per heavy atom. The van der Waals surface area contributed by atoms with Gasteiger partial charge in [0.05, 0.1) is 12.5 Å². The highest BCUT2D eigenvalue weighted by Gasteiger charge is 2.42. The van der Waals surface area contributed by atoms with Gasteiger partial charge in [0.1, 0.15) is 5.75 Å². The molecule has 0 aromatic heterocycles. The van der Waals surface area contributed by atoms with Crippen LogP contribution in [0, 0.1) is 11.3 Å². The van der Waals surface area contributed by atoms with Crippen molar-refractivity contribution < 1.29 is 14.3 Å². The number of benzene rings is 2. The van der Waals surface area contributed by atoms with Gasteiger partial charge >= 0.3 is 0 Å². The van der Waals surface area contributed by atoms with Gasteiger partial charge in [-0.15, -0.1) is 0 Å². The van der Waals surface area contributed by atoms with Crippen LogP contribution in [0.2, 0.25) is 0 Å². The van der Waals surface area contributed by atoms with E-state index >= 15 is 0 Å². The molecular weight excluding hydrogens is 400 g/mol. The molecule has 2 aromatic rings. The highest BCUT2D eigenvalue weighted by atomic mass is 16.5. The number of carbonyl (C=O) groups is 2. The Morgan fingerprint density at radius 3 is 2.38 bits per heavy atom. The number of hydrogen-bond donors (Lipinski definition) is 1. The molecule has 0 radical (unpaired) electrons. The SMILES string of the molecule is COc1ccc(-c2ccc(C[C@@]3(C(N)=O)CCCN(C(=O)C[C@@H]4C=CCC4)C3)cc2)cc1. The molecule has 2 N–H and O–H groups in total. The summed E-state index contributed by atoms with van der Waals surface area (Å²) >= 11 is 0. The average Bonchev–Trinajstić information content (AvgIpc) is 3.33. The Bertz CT molecular complexity index is 981. The summed E-state index contributed by atoms with van der Waals surface area (Å²) in [5.74, 6) is 0.990. The number of carbonyl (C=O) groups excluding carboxylic acids is 2. The number of allylic oxidation sites excluding steroid dienone is 2. The van der Waals surface area contributed by atoms with Crippen molar-refractivity contribution >= 4 is 11.8 Å². The molecule has 5 heteroatoms. The monoisotopic (exact) mass is 432 g/mol. The molecule has 4 rings (SSSR count). The van der Waals surface area contributed by atoms with Crippen molar-refractivity contribution in [3.8, 4) is 16.9 Å². The summed E-state index contributed by atoms with van der Waals surface area (Å²) in [5.41, 5.74) is 8.50. The maximum Gasteiger partial charge on any atom is 0.225 e. The van der Waals surface area contributed by atoms with Crippen LogP contribution in [0.25, 0.3) is 11.1 Å². The molecule has 2 aliphatic rings. The molecule has 2 atom stereocenters. The van der Waals surface area contributed by atoms with E-state index in [2.05, 4.69) is 36.4 Å². The first-order valence-corrected chi connectivity index (χ1v) is 11.5. The largest absolute Gasteiger partial charge is 0.497 e. The Hall–Kier alpha value is -3.08. The lowest BCUT2D eigenvalue weighted by molar-refractivity contribution is -0.140. The van der Waals surface area contributed by atoms with E-state index in [0.717, 1.165) is 48.1 Å². The minimum atomic E-state index is -0.707. The smallest absolute Gasteiger partial charge is 0.225 e. The van der Waals surface area contributed by atoms with Crippen LogP contribution in [0.1, 0.15) is 37.7 Å². The van der Waals surface area contributed by atoms with Crippen LogP contribution in [-0.4, -0.2) is 36.9 Å². The van der Waals surface area contributed by atoms with Gasteiger partial charge in [0.25, 0.3) is 0 Å². The first-order valence-electron chi connectivity index (χ1n) is 11.5. The van der Waals surface area contributed by atoms with Gasteiger partial charge in [-0.2, -0.15) is 0 Å². The number of piperidine rings is 1. The van der Waals surface area contributed by atoms with E-state index in [1.807, 2.05) is 29.2 Å². The molecule has 2 amide bonds. The molecule has 1 heterocycles. The molecule has 1 saturated heterocycles. The first kappa shape index (κ1) is 22.1. The van der Waals surface area contributed by atoms with E-state index in [4.69, 9.17) is 10.5 Å². The first-order chi connectivity index (χ1) is 15.5. The summed E-state index contributed by atoms with van der Waals surface area (Å²) in [4.78, 5) is 27.4. The summed E-state index contributed by atoms with van der Waals surface area (Å²) in [6.45, 7) is 1.12. The van der Waals surface area contributed by atoms with Crippen molar-refractivity contribution in [1.82, 2.24) is 4.90 Å². The second-order valence-electron chi connectivity index (χ2n) is 9.14. The minimum absolute atomic E-state index is 0.140. The lowest BCUT2D eigenvalue weighted by Gasteiger charge is -2.41. The second kappa shape index (κ2) is 9.60. The van der Waals surface area contributed by atoms with Crippen molar-refractivity contribution in [3.05, 3.63) is 66.2 Å². The van der Waals surface area contributed by atoms with Crippen molar-refractivity contribution in [1.29, 1.82) is 0 Å². The maximum absolute atomic E-state index is 12.9. The fourth-order valence-electron chi connectivity index (χ4n) is 4.99. The van der Waals surface area contributed by atoms with E-state index in [1.165, 1.54) is 0 Å². The number of ether oxygens (including phenoxy) is 1. The van der Waals surface area contributed by atoms with Gasteiger partial charge in [-0.3, -0.25) is 9.59 Å². The predicted molar refractivity (Wildman–Crippen MR) is 126 cm³/mol. The Labute approximate surface area is 190 Å². The molecular formula is C27H32N2O3. The summed E-state index contributed by atoms with van der Waals surface area (Å²) < 4.78 is 5.23. The second-order valence-corrected chi connectivity index (χ2v) is 9.14. The van der Waals surface area contributed by atoms with Gasteiger partial charge in [-0.1, -0.05) is 48.6 Å². The molecule has 1 fully saturated rings. The maximum atomic E-state index is 12.9. The van der Waals surface area contributed by atoms with Crippen LogP contribution in [0.4, 0.5) is 0 Å². The third-order valence-corrected chi connectivity index (χ3v) is 6.92. The number of primary amides is 1. The lowest BCUT2D eigenvalue weighted by Crippen LogP contribution is -2.53. The third kappa shape index (κ3) is 4.87. The third-order valence-electron chi connectivity index (χ3n) is 6.92. The summed E-state index contributed by atoms with van der Waals surface area (Å²) in [5, 5.41) is 0. The van der Waals surface area contributed by atoms with Crippen molar-refractivity contribution in [2.45, 2.75) is 38.5 Å². The Kier molecular flexibility index (Phi) is 6.63. The Morgan fingerprint density at radius 2 is 1.78 bits per heavy atom. The number of hydrogen-bond acceptors (Lipinski definition) is 3. The molecule has 32 heavy (non-hydrogen) atoms. The van der Waals surface area contributed by atoms with Crippen LogP contribution < -0.4 is 10.5 Å². The van der Waals surface area contributed by atoms with Crippen LogP contribution in [-0.2, 0) is 16.0 Å². The van der Waals surface area contributed by atoms with Gasteiger partial charge in [0.2, 0.25) is 11.8 Å². The number of likely N-dealkylation sites (tertiary alicyclic amines) is 1. The van der Waals surface area contributed by atoms with Crippen LogP contribution in [0.15, 0.2) is 60.7 Å². The molecule has 1 aliphatic carbocycles. The van der Waals surface area contributed by atoms with Crippen molar-refractivity contribution in [2.75, 3.05) is 20.2 Å². The number of methoxy groups -OCH3 is 1. The predicted octanol–water partition coefficient (Wildman–Crippen LogP) is 4.36. The van der Waals surface area contributed by atoms with Crippen LogP contribution in [0.5, 0.6) is 5.75 Å². The average molecular weight is 433 g/mol. The highest BCUT2D eigenvalue weighted by molar-refractivity contribution is 5.84. The number of amides is 2.